The molecule has 0 spiro atoms. The molecule has 0 saturated carbocycles. The van der Waals surface area contributed by atoms with E-state index in [1.54, 1.807) is 29.2 Å². The maximum atomic E-state index is 13.3. The van der Waals surface area contributed by atoms with E-state index in [0.29, 0.717) is 17.9 Å². The van der Waals surface area contributed by atoms with E-state index in [1.807, 2.05) is 12.1 Å². The van der Waals surface area contributed by atoms with Gasteiger partial charge in [-0.15, -0.1) is 0 Å². The molecule has 146 valence electrons. The van der Waals surface area contributed by atoms with Gasteiger partial charge in [-0.2, -0.15) is 0 Å². The van der Waals surface area contributed by atoms with Gasteiger partial charge in [-0.05, 0) is 37.5 Å². The average Bonchev–Trinajstić information content (AvgIpc) is 2.91. The largest absolute Gasteiger partial charge is 0.507 e. The fourth-order valence-corrected chi connectivity index (χ4v) is 4.30. The standard InChI is InChI=1S/C22H24N2O4/c25-19-11-5-2-8-16(19)20(26)14-22(28)17-9-3-4-10-18(17)24(21(22)27)15-23-12-6-1-7-13-23/h2-5,8-11,25,28H,1,6-7,12-15H2/p+1/t22-/m1/s1. The minimum atomic E-state index is -1.91. The number of nitrogens with one attached hydrogen (secondary N) is 1. The van der Waals surface area contributed by atoms with E-state index in [1.165, 1.54) is 23.5 Å². The Labute approximate surface area is 164 Å². The summed E-state index contributed by atoms with van der Waals surface area (Å²) in [4.78, 5) is 29.0. The number of para-hydroxylation sites is 2. The highest BCUT2D eigenvalue weighted by Gasteiger charge is 2.51. The van der Waals surface area contributed by atoms with E-state index in [2.05, 4.69) is 0 Å². The van der Waals surface area contributed by atoms with Gasteiger partial charge in [-0.25, -0.2) is 0 Å². The molecule has 1 amide bonds. The first-order valence-corrected chi connectivity index (χ1v) is 9.79. The van der Waals surface area contributed by atoms with E-state index in [0.717, 1.165) is 25.9 Å². The fourth-order valence-electron chi connectivity index (χ4n) is 4.30. The van der Waals surface area contributed by atoms with E-state index >= 15 is 0 Å². The quantitative estimate of drug-likeness (QED) is 0.681. The number of ketones is 1. The molecule has 0 aromatic heterocycles. The molecular formula is C22H25N2O4+. The zero-order valence-electron chi connectivity index (χ0n) is 15.7. The van der Waals surface area contributed by atoms with Crippen molar-refractivity contribution < 1.29 is 24.7 Å². The number of carbonyl (C=O) groups excluding carboxylic acids is 2. The molecule has 0 bridgehead atoms. The normalized spacial score (nSPS) is 22.3. The van der Waals surface area contributed by atoms with Gasteiger partial charge in [0.2, 0.25) is 0 Å². The third-order valence-corrected chi connectivity index (χ3v) is 5.80. The first kappa shape index (κ1) is 18.7. The number of aliphatic hydroxyl groups is 1. The van der Waals surface area contributed by atoms with Gasteiger partial charge in [0.1, 0.15) is 5.75 Å². The third-order valence-electron chi connectivity index (χ3n) is 5.80. The van der Waals surface area contributed by atoms with Crippen molar-refractivity contribution in [3.63, 3.8) is 0 Å². The summed E-state index contributed by atoms with van der Waals surface area (Å²) in [5, 5.41) is 21.3. The number of benzene rings is 2. The summed E-state index contributed by atoms with van der Waals surface area (Å²) >= 11 is 0. The summed E-state index contributed by atoms with van der Waals surface area (Å²) in [5.74, 6) is -1.07. The van der Waals surface area contributed by atoms with Gasteiger partial charge in [0.15, 0.2) is 18.1 Å². The molecule has 0 unspecified atom stereocenters. The fraction of sp³-hybridized carbons (Fsp3) is 0.364. The molecule has 2 aromatic carbocycles. The molecule has 1 fully saturated rings. The first-order valence-electron chi connectivity index (χ1n) is 9.79. The SMILES string of the molecule is O=C(C[C@]1(O)C(=O)N(C[NH+]2CCCCC2)c2ccccc21)c1ccccc1O. The van der Waals surface area contributed by atoms with Crippen LogP contribution >= 0.6 is 0 Å². The number of rotatable bonds is 5. The second-order valence-corrected chi connectivity index (χ2v) is 7.70. The Morgan fingerprint density at radius 1 is 1.04 bits per heavy atom. The predicted octanol–water partition coefficient (Wildman–Crippen LogP) is 1.23. The van der Waals surface area contributed by atoms with Gasteiger partial charge in [0, 0.05) is 5.56 Å². The molecule has 2 aliphatic rings. The van der Waals surface area contributed by atoms with Crippen molar-refractivity contribution in [3.8, 4) is 5.75 Å². The lowest BCUT2D eigenvalue weighted by Crippen LogP contribution is -3.14. The Bertz CT molecular complexity index is 907. The molecule has 6 heteroatoms. The number of hydrogen-bond acceptors (Lipinski definition) is 4. The number of amides is 1. The van der Waals surface area contributed by atoms with Crippen molar-refractivity contribution in [1.82, 2.24) is 0 Å². The second kappa shape index (κ2) is 7.37. The van der Waals surface area contributed by atoms with Gasteiger partial charge in [-0.3, -0.25) is 14.5 Å². The number of hydrogen-bond donors (Lipinski definition) is 3. The Hall–Kier alpha value is -2.70. The molecule has 28 heavy (non-hydrogen) atoms. The van der Waals surface area contributed by atoms with Crippen LogP contribution in [-0.2, 0) is 10.4 Å². The monoisotopic (exact) mass is 381 g/mol. The number of carbonyl (C=O) groups is 2. The lowest BCUT2D eigenvalue weighted by molar-refractivity contribution is -0.903. The summed E-state index contributed by atoms with van der Waals surface area (Å²) in [6.45, 7) is 2.49. The zero-order chi connectivity index (χ0) is 19.7. The van der Waals surface area contributed by atoms with E-state index in [-0.39, 0.29) is 11.3 Å². The number of aromatic hydroxyl groups is 1. The van der Waals surface area contributed by atoms with Crippen LogP contribution in [0.25, 0.3) is 0 Å². The van der Waals surface area contributed by atoms with Crippen molar-refractivity contribution in [2.45, 2.75) is 31.3 Å². The van der Waals surface area contributed by atoms with E-state index in [4.69, 9.17) is 0 Å². The number of likely N-dealkylation sites (tertiary alicyclic amines) is 1. The number of quaternary nitrogens is 1. The average molecular weight is 381 g/mol. The Kier molecular flexibility index (Phi) is 4.91. The molecule has 1 saturated heterocycles. The summed E-state index contributed by atoms with van der Waals surface area (Å²) < 4.78 is 0. The molecule has 4 rings (SSSR count). The van der Waals surface area contributed by atoms with Gasteiger partial charge in [0.05, 0.1) is 30.8 Å². The molecular weight excluding hydrogens is 356 g/mol. The number of fused-ring (bicyclic) bond motifs is 1. The minimum absolute atomic E-state index is 0.112. The summed E-state index contributed by atoms with van der Waals surface area (Å²) in [7, 11) is 0. The van der Waals surface area contributed by atoms with Crippen molar-refractivity contribution >= 4 is 17.4 Å². The topological polar surface area (TPSA) is 82.3 Å². The predicted molar refractivity (Wildman–Crippen MR) is 104 cm³/mol. The van der Waals surface area contributed by atoms with Crippen molar-refractivity contribution in [3.05, 3.63) is 59.7 Å². The molecule has 3 N–H and O–H groups in total. The lowest BCUT2D eigenvalue weighted by Gasteiger charge is -2.29. The lowest BCUT2D eigenvalue weighted by atomic mass is 9.88. The highest BCUT2D eigenvalue weighted by Crippen LogP contribution is 2.42. The number of phenolic OH excluding ortho intramolecular Hbond substituents is 1. The second-order valence-electron chi connectivity index (χ2n) is 7.70. The maximum Gasteiger partial charge on any atom is 0.268 e. The van der Waals surface area contributed by atoms with E-state index < -0.39 is 23.7 Å². The van der Waals surface area contributed by atoms with Crippen molar-refractivity contribution in [2.24, 2.45) is 0 Å². The van der Waals surface area contributed by atoms with Crippen LogP contribution < -0.4 is 9.80 Å². The number of Topliss-reactive ketones (excluding diaryl/α,β-unsaturated/α-hetero) is 1. The van der Waals surface area contributed by atoms with Crippen LogP contribution in [0.2, 0.25) is 0 Å². The zero-order valence-corrected chi connectivity index (χ0v) is 15.7. The Balaban J connectivity index is 1.64. The van der Waals surface area contributed by atoms with Crippen molar-refractivity contribution in [1.29, 1.82) is 0 Å². The highest BCUT2D eigenvalue weighted by atomic mass is 16.3. The minimum Gasteiger partial charge on any atom is -0.507 e. The summed E-state index contributed by atoms with van der Waals surface area (Å²) in [6, 6.07) is 13.3. The molecule has 0 aliphatic carbocycles. The van der Waals surface area contributed by atoms with Crippen LogP contribution in [0, 0.1) is 0 Å². The van der Waals surface area contributed by atoms with Crippen LogP contribution in [0.15, 0.2) is 48.5 Å². The number of piperidine rings is 1. The first-order chi connectivity index (χ1) is 13.5. The van der Waals surface area contributed by atoms with Crippen LogP contribution in [0.1, 0.15) is 41.6 Å². The van der Waals surface area contributed by atoms with Gasteiger partial charge < -0.3 is 15.1 Å². The van der Waals surface area contributed by atoms with Gasteiger partial charge >= 0.3 is 0 Å². The molecule has 2 heterocycles. The molecule has 1 atom stereocenters. The van der Waals surface area contributed by atoms with Crippen LogP contribution in [-0.4, -0.2) is 41.7 Å². The number of nitrogens with zero attached hydrogens (tertiary/aromatic N) is 1. The third kappa shape index (κ3) is 3.19. The molecule has 2 aliphatic heterocycles. The smallest absolute Gasteiger partial charge is 0.268 e. The molecule has 2 aromatic rings. The Morgan fingerprint density at radius 3 is 2.46 bits per heavy atom. The molecule has 6 nitrogen and oxygen atoms in total. The highest BCUT2D eigenvalue weighted by molar-refractivity contribution is 6.11. The number of anilines is 1. The number of phenols is 1. The van der Waals surface area contributed by atoms with Crippen molar-refractivity contribution in [2.75, 3.05) is 24.7 Å². The van der Waals surface area contributed by atoms with Gasteiger partial charge in [0.25, 0.3) is 5.91 Å². The van der Waals surface area contributed by atoms with Gasteiger partial charge in [-0.1, -0.05) is 30.3 Å². The molecule has 0 radical (unpaired) electrons. The summed E-state index contributed by atoms with van der Waals surface area (Å²) in [5.41, 5.74) is -0.676. The van der Waals surface area contributed by atoms with Crippen LogP contribution in [0.4, 0.5) is 5.69 Å². The maximum absolute atomic E-state index is 13.3. The van der Waals surface area contributed by atoms with Crippen LogP contribution in [0.3, 0.4) is 0 Å². The van der Waals surface area contributed by atoms with E-state index in [9.17, 15) is 19.8 Å². The summed E-state index contributed by atoms with van der Waals surface area (Å²) in [6.07, 6.45) is 3.09. The Morgan fingerprint density at radius 2 is 1.71 bits per heavy atom. The van der Waals surface area contributed by atoms with Crippen LogP contribution in [0.5, 0.6) is 5.75 Å².